The number of thiazole rings is 1. The molecule has 0 aromatic carbocycles. The van der Waals surface area contributed by atoms with Crippen LogP contribution < -0.4 is 0 Å². The molecule has 2 rings (SSSR count). The highest BCUT2D eigenvalue weighted by molar-refractivity contribution is 7.89. The summed E-state index contributed by atoms with van der Waals surface area (Å²) in [6, 6.07) is -0.315. The molecule has 0 aliphatic heterocycles. The van der Waals surface area contributed by atoms with Crippen molar-refractivity contribution < 1.29 is 8.42 Å². The number of nitrogens with zero attached hydrogens (tertiary/aromatic N) is 4. The molecule has 0 fully saturated rings. The minimum atomic E-state index is -3.57. The minimum absolute atomic E-state index is 0.211. The Kier molecular flexibility index (Phi) is 4.50. The number of aryl methyl sites for hydroxylation is 3. The van der Waals surface area contributed by atoms with Gasteiger partial charge in [-0.3, -0.25) is 4.68 Å². The van der Waals surface area contributed by atoms with Gasteiger partial charge in [-0.2, -0.15) is 9.40 Å². The van der Waals surface area contributed by atoms with Crippen LogP contribution in [0.2, 0.25) is 0 Å². The first kappa shape index (κ1) is 16.1. The topological polar surface area (TPSA) is 68.1 Å². The third kappa shape index (κ3) is 3.02. The van der Waals surface area contributed by atoms with Gasteiger partial charge >= 0.3 is 0 Å². The van der Waals surface area contributed by atoms with E-state index in [2.05, 4.69) is 10.1 Å². The maximum atomic E-state index is 12.6. The average Bonchev–Trinajstić information content (AvgIpc) is 3.03. The van der Waals surface area contributed by atoms with Gasteiger partial charge in [0.05, 0.1) is 22.9 Å². The van der Waals surface area contributed by atoms with Crippen LogP contribution in [-0.2, 0) is 16.6 Å². The second kappa shape index (κ2) is 5.86. The van der Waals surface area contributed by atoms with E-state index in [1.165, 1.54) is 10.5 Å². The molecule has 0 bridgehead atoms. The highest BCUT2D eigenvalue weighted by Crippen LogP contribution is 2.29. The van der Waals surface area contributed by atoms with Crippen LogP contribution in [0.25, 0.3) is 0 Å². The fraction of sp³-hybridized carbons (Fsp3) is 0.538. The lowest BCUT2D eigenvalue weighted by Crippen LogP contribution is -2.30. The minimum Gasteiger partial charge on any atom is -0.272 e. The molecule has 1 atom stereocenters. The molecule has 21 heavy (non-hydrogen) atoms. The third-order valence-corrected chi connectivity index (χ3v) is 6.27. The summed E-state index contributed by atoms with van der Waals surface area (Å²) in [7, 11) is -1.99. The Hall–Kier alpha value is -1.25. The van der Waals surface area contributed by atoms with Gasteiger partial charge in [0.25, 0.3) is 0 Å². The van der Waals surface area contributed by atoms with Gasteiger partial charge in [-0.25, -0.2) is 13.4 Å². The summed E-state index contributed by atoms with van der Waals surface area (Å²) in [5.74, 6) is 0. The van der Waals surface area contributed by atoms with Crippen LogP contribution in [0.3, 0.4) is 0 Å². The molecule has 6 nitrogen and oxygen atoms in total. The van der Waals surface area contributed by atoms with Crippen molar-refractivity contribution in [2.24, 2.45) is 0 Å². The van der Waals surface area contributed by atoms with E-state index in [1.807, 2.05) is 27.7 Å². The van der Waals surface area contributed by atoms with Crippen LogP contribution in [0.5, 0.6) is 0 Å². The molecule has 0 aliphatic rings. The lowest BCUT2D eigenvalue weighted by Gasteiger charge is -2.22. The number of aromatic nitrogens is 3. The van der Waals surface area contributed by atoms with Gasteiger partial charge in [0.2, 0.25) is 10.0 Å². The molecule has 8 heteroatoms. The first-order chi connectivity index (χ1) is 9.77. The van der Waals surface area contributed by atoms with Crippen LogP contribution in [-0.4, -0.2) is 34.5 Å². The smallest absolute Gasteiger partial charge is 0.246 e. The van der Waals surface area contributed by atoms with E-state index in [-0.39, 0.29) is 10.9 Å². The zero-order valence-corrected chi connectivity index (χ0v) is 14.5. The van der Waals surface area contributed by atoms with Crippen molar-refractivity contribution in [3.8, 4) is 0 Å². The van der Waals surface area contributed by atoms with Gasteiger partial charge in [-0.05, 0) is 27.7 Å². The second-order valence-electron chi connectivity index (χ2n) is 4.90. The maximum Gasteiger partial charge on any atom is 0.246 e. The quantitative estimate of drug-likeness (QED) is 0.845. The summed E-state index contributed by atoms with van der Waals surface area (Å²) in [6.07, 6.45) is 2.94. The fourth-order valence-corrected chi connectivity index (χ4v) is 4.32. The van der Waals surface area contributed by atoms with E-state index >= 15 is 0 Å². The van der Waals surface area contributed by atoms with Gasteiger partial charge in [-0.1, -0.05) is 0 Å². The number of sulfonamides is 1. The number of rotatable bonds is 5. The molecule has 0 saturated carbocycles. The molecule has 116 valence electrons. The van der Waals surface area contributed by atoms with E-state index in [0.717, 1.165) is 15.6 Å². The molecule has 2 heterocycles. The monoisotopic (exact) mass is 328 g/mol. The largest absolute Gasteiger partial charge is 0.272 e. The second-order valence-corrected chi connectivity index (χ2v) is 8.31. The predicted molar refractivity (Wildman–Crippen MR) is 82.9 cm³/mol. The molecule has 2 aromatic heterocycles. The molecule has 1 unspecified atom stereocenters. The Morgan fingerprint density at radius 3 is 2.57 bits per heavy atom. The van der Waals surface area contributed by atoms with Crippen LogP contribution in [0.1, 0.15) is 35.5 Å². The van der Waals surface area contributed by atoms with Crippen molar-refractivity contribution in [3.63, 3.8) is 0 Å². The van der Waals surface area contributed by atoms with Crippen molar-refractivity contribution >= 4 is 21.4 Å². The first-order valence-electron chi connectivity index (χ1n) is 6.71. The van der Waals surface area contributed by atoms with E-state index < -0.39 is 10.0 Å². The predicted octanol–water partition coefficient (Wildman–Crippen LogP) is 2.36. The van der Waals surface area contributed by atoms with Gasteiger partial charge in [0.15, 0.2) is 0 Å². The van der Waals surface area contributed by atoms with E-state index in [4.69, 9.17) is 0 Å². The van der Waals surface area contributed by atoms with E-state index in [1.54, 1.807) is 29.3 Å². The summed E-state index contributed by atoms with van der Waals surface area (Å²) in [4.78, 5) is 5.71. The summed E-state index contributed by atoms with van der Waals surface area (Å²) in [6.45, 7) is 8.29. The molecule has 0 amide bonds. The van der Waals surface area contributed by atoms with Gasteiger partial charge in [-0.15, -0.1) is 11.3 Å². The standard InChI is InChI=1S/C13H20N4O2S2/c1-6-17-8-12(7-14-17)21(18,19)16(5)9(2)13-10(3)20-11(4)15-13/h7-9H,6H2,1-5H3. The van der Waals surface area contributed by atoms with Crippen molar-refractivity contribution in [1.29, 1.82) is 0 Å². The Morgan fingerprint density at radius 2 is 2.10 bits per heavy atom. The van der Waals surface area contributed by atoms with Crippen molar-refractivity contribution in [2.45, 2.75) is 45.2 Å². The number of hydrogen-bond donors (Lipinski definition) is 0. The highest BCUT2D eigenvalue weighted by Gasteiger charge is 2.29. The third-order valence-electron chi connectivity index (χ3n) is 3.49. The SMILES string of the molecule is CCn1cc(S(=O)(=O)N(C)C(C)c2nc(C)sc2C)cn1. The van der Waals surface area contributed by atoms with Gasteiger partial charge < -0.3 is 0 Å². The summed E-state index contributed by atoms with van der Waals surface area (Å²) in [5.41, 5.74) is 0.812. The summed E-state index contributed by atoms with van der Waals surface area (Å²) >= 11 is 1.58. The molecule has 0 spiro atoms. The molecule has 0 radical (unpaired) electrons. The molecule has 0 aliphatic carbocycles. The molecular formula is C13H20N4O2S2. The van der Waals surface area contributed by atoms with Crippen molar-refractivity contribution in [3.05, 3.63) is 28.0 Å². The maximum absolute atomic E-state index is 12.6. The van der Waals surface area contributed by atoms with E-state index in [9.17, 15) is 8.42 Å². The lowest BCUT2D eigenvalue weighted by atomic mass is 10.2. The molecular weight excluding hydrogens is 308 g/mol. The molecule has 0 saturated heterocycles. The van der Waals surface area contributed by atoms with Crippen LogP contribution in [0.4, 0.5) is 0 Å². The van der Waals surface area contributed by atoms with Gasteiger partial charge in [0.1, 0.15) is 4.90 Å². The molecule has 2 aromatic rings. The van der Waals surface area contributed by atoms with Crippen LogP contribution >= 0.6 is 11.3 Å². The van der Waals surface area contributed by atoms with Gasteiger partial charge in [0, 0.05) is 24.7 Å². The normalized spacial score (nSPS) is 13.8. The first-order valence-corrected chi connectivity index (χ1v) is 8.97. The summed E-state index contributed by atoms with van der Waals surface area (Å²) < 4.78 is 28.2. The van der Waals surface area contributed by atoms with Crippen LogP contribution in [0.15, 0.2) is 17.3 Å². The Labute approximate surface area is 129 Å². The average molecular weight is 328 g/mol. The zero-order chi connectivity index (χ0) is 15.8. The highest BCUT2D eigenvalue weighted by atomic mass is 32.2. The van der Waals surface area contributed by atoms with Crippen LogP contribution in [0, 0.1) is 13.8 Å². The summed E-state index contributed by atoms with van der Waals surface area (Å²) in [5, 5.41) is 4.98. The zero-order valence-electron chi connectivity index (χ0n) is 12.9. The van der Waals surface area contributed by atoms with E-state index in [0.29, 0.717) is 6.54 Å². The van der Waals surface area contributed by atoms with Crippen molar-refractivity contribution in [2.75, 3.05) is 7.05 Å². The Bertz CT molecular complexity index is 733. The fourth-order valence-electron chi connectivity index (χ4n) is 2.13. The lowest BCUT2D eigenvalue weighted by molar-refractivity contribution is 0.391. The van der Waals surface area contributed by atoms with Crippen molar-refractivity contribution in [1.82, 2.24) is 19.1 Å². The number of hydrogen-bond acceptors (Lipinski definition) is 5. The Balaban J connectivity index is 2.33. The molecule has 0 N–H and O–H groups in total. The Morgan fingerprint density at radius 1 is 1.43 bits per heavy atom.